The van der Waals surface area contributed by atoms with Crippen LogP contribution in [0.25, 0.3) is 0 Å². The molecule has 0 bridgehead atoms. The average molecular weight is 684 g/mol. The third kappa shape index (κ3) is 8.62. The summed E-state index contributed by atoms with van der Waals surface area (Å²) >= 11 is 0. The van der Waals surface area contributed by atoms with Gasteiger partial charge in [-0.3, -0.25) is 14.5 Å². The van der Waals surface area contributed by atoms with Crippen LogP contribution in [0.1, 0.15) is 87.2 Å². The average Bonchev–Trinajstić information content (AvgIpc) is 3.48. The van der Waals surface area contributed by atoms with Crippen LogP contribution in [-0.2, 0) is 16.0 Å². The molecule has 6 rings (SSSR count). The molecule has 1 aliphatic carbocycles. The van der Waals surface area contributed by atoms with Gasteiger partial charge in [-0.25, -0.2) is 9.78 Å². The fraction of sp³-hybridized carbons (Fsp3) is 0.579. The zero-order chi connectivity index (χ0) is 35.3. The minimum absolute atomic E-state index is 0.0560. The first-order valence-corrected chi connectivity index (χ1v) is 18.1. The van der Waals surface area contributed by atoms with Gasteiger partial charge in [0.15, 0.2) is 0 Å². The Labute approximate surface area is 295 Å². The Morgan fingerprint density at radius 2 is 1.62 bits per heavy atom. The molecule has 0 atom stereocenters. The summed E-state index contributed by atoms with van der Waals surface area (Å²) in [5, 5.41) is 9.18. The summed E-state index contributed by atoms with van der Waals surface area (Å²) in [6, 6.07) is 10.6. The van der Waals surface area contributed by atoms with Crippen LogP contribution in [0.15, 0.2) is 41.5 Å². The highest BCUT2D eigenvalue weighted by Crippen LogP contribution is 2.39. The van der Waals surface area contributed by atoms with Gasteiger partial charge in [-0.15, -0.1) is 0 Å². The molecule has 3 fully saturated rings. The summed E-state index contributed by atoms with van der Waals surface area (Å²) in [5.74, 6) is 0.915. The molecule has 1 aromatic heterocycles. The van der Waals surface area contributed by atoms with Crippen LogP contribution in [0.4, 0.5) is 10.5 Å². The number of rotatable bonds is 7. The molecule has 1 saturated carbocycles. The number of nitriles is 1. The Bertz CT molecular complexity index is 1610. The predicted octanol–water partition coefficient (Wildman–Crippen LogP) is 5.06. The monoisotopic (exact) mass is 683 g/mol. The molecule has 0 radical (unpaired) electrons. The van der Waals surface area contributed by atoms with Gasteiger partial charge in [-0.1, -0.05) is 6.42 Å². The van der Waals surface area contributed by atoms with E-state index in [1.807, 2.05) is 37.9 Å². The largest absolute Gasteiger partial charge is 0.476 e. The Morgan fingerprint density at radius 3 is 2.28 bits per heavy atom. The number of piperazine rings is 1. The van der Waals surface area contributed by atoms with Crippen LogP contribution in [0.2, 0.25) is 0 Å². The number of likely N-dealkylation sites (tertiary alicyclic amines) is 1. The van der Waals surface area contributed by atoms with Crippen molar-refractivity contribution in [3.05, 3.63) is 53.2 Å². The van der Waals surface area contributed by atoms with Crippen LogP contribution in [-0.4, -0.2) is 107 Å². The van der Waals surface area contributed by atoms with E-state index in [1.165, 1.54) is 19.3 Å². The molecule has 0 unspecified atom stereocenters. The standard InChI is InChI=1S/C38H49N7O5/c1-38(2,3)50-37(48)44-19-17-43(18-20-44)36(47)29-11-13-31(14-12-29)45-32-24-34(49-22-21-42-15-5-4-6-16-42)40-26-30(32)23-33(45)41-35(46)28-9-7-27(25-39)8-10-28/h7-10,24,26,29,31H,4-6,11-23H2,1-3H3. The fourth-order valence-corrected chi connectivity index (χ4v) is 7.40. The van der Waals surface area contributed by atoms with Crippen molar-refractivity contribution in [2.45, 2.75) is 83.8 Å². The lowest BCUT2D eigenvalue weighted by atomic mass is 9.84. The molecule has 0 N–H and O–H groups in total. The van der Waals surface area contributed by atoms with Crippen molar-refractivity contribution in [1.82, 2.24) is 19.7 Å². The number of amides is 3. The van der Waals surface area contributed by atoms with Crippen LogP contribution < -0.4 is 9.64 Å². The summed E-state index contributed by atoms with van der Waals surface area (Å²) in [4.78, 5) is 56.9. The summed E-state index contributed by atoms with van der Waals surface area (Å²) < 4.78 is 11.7. The zero-order valence-corrected chi connectivity index (χ0v) is 29.6. The number of nitrogens with zero attached hydrogens (tertiary/aromatic N) is 7. The molecule has 266 valence electrons. The molecule has 4 aliphatic rings. The summed E-state index contributed by atoms with van der Waals surface area (Å²) in [5.41, 5.74) is 2.29. The molecule has 3 aliphatic heterocycles. The molecule has 4 heterocycles. The first-order valence-electron chi connectivity index (χ1n) is 18.1. The van der Waals surface area contributed by atoms with Crippen molar-refractivity contribution in [2.24, 2.45) is 10.9 Å². The SMILES string of the molecule is CC(C)(C)OC(=O)N1CCN(C(=O)C2CCC(N3C(=NC(=O)c4ccc(C#N)cc4)Cc4cnc(OCCN5CCCCC5)cc43)CC2)CC1. The van der Waals surface area contributed by atoms with E-state index in [-0.39, 0.29) is 29.9 Å². The van der Waals surface area contributed by atoms with E-state index in [0.717, 1.165) is 56.6 Å². The third-order valence-corrected chi connectivity index (χ3v) is 10.1. The van der Waals surface area contributed by atoms with Gasteiger partial charge in [0.05, 0.1) is 17.3 Å². The molecule has 3 amide bonds. The van der Waals surface area contributed by atoms with Crippen molar-refractivity contribution in [2.75, 3.05) is 57.3 Å². The van der Waals surface area contributed by atoms with Crippen LogP contribution in [0.3, 0.4) is 0 Å². The molecule has 0 spiro atoms. The lowest BCUT2D eigenvalue weighted by Gasteiger charge is -2.40. The summed E-state index contributed by atoms with van der Waals surface area (Å²) in [6.45, 7) is 11.1. The predicted molar refractivity (Wildman–Crippen MR) is 189 cm³/mol. The number of pyridine rings is 1. The number of carbonyl (C=O) groups is 3. The van der Waals surface area contributed by atoms with Gasteiger partial charge in [-0.2, -0.15) is 10.3 Å². The Balaban J connectivity index is 1.13. The number of carbonyl (C=O) groups excluding carboxylic acids is 3. The second-order valence-corrected chi connectivity index (χ2v) is 14.8. The summed E-state index contributed by atoms with van der Waals surface area (Å²) in [6.07, 6.45) is 8.71. The quantitative estimate of drug-likeness (QED) is 0.393. The highest BCUT2D eigenvalue weighted by Gasteiger charge is 2.38. The van der Waals surface area contributed by atoms with E-state index in [4.69, 9.17) is 9.47 Å². The van der Waals surface area contributed by atoms with Crippen molar-refractivity contribution in [3.8, 4) is 11.9 Å². The lowest BCUT2D eigenvalue weighted by molar-refractivity contribution is -0.138. The van der Waals surface area contributed by atoms with Gasteiger partial charge in [0.25, 0.3) is 5.91 Å². The maximum absolute atomic E-state index is 13.6. The van der Waals surface area contributed by atoms with Gasteiger partial charge in [-0.05, 0) is 96.7 Å². The number of aromatic nitrogens is 1. The number of piperidine rings is 1. The number of aliphatic imine (C=N–C) groups is 1. The number of anilines is 1. The maximum Gasteiger partial charge on any atom is 0.410 e. The number of ether oxygens (including phenoxy) is 2. The zero-order valence-electron chi connectivity index (χ0n) is 29.6. The van der Waals surface area contributed by atoms with E-state index >= 15 is 0 Å². The Hall–Kier alpha value is -4.50. The number of benzene rings is 1. The molecular weight excluding hydrogens is 634 g/mol. The number of hydrogen-bond acceptors (Lipinski definition) is 8. The van der Waals surface area contributed by atoms with Gasteiger partial charge in [0, 0.05) is 74.5 Å². The highest BCUT2D eigenvalue weighted by atomic mass is 16.6. The first-order chi connectivity index (χ1) is 24.1. The highest BCUT2D eigenvalue weighted by molar-refractivity contribution is 6.12. The molecule has 2 saturated heterocycles. The molecule has 2 aromatic rings. The summed E-state index contributed by atoms with van der Waals surface area (Å²) in [7, 11) is 0. The van der Waals surface area contributed by atoms with Crippen molar-refractivity contribution >= 4 is 29.4 Å². The van der Waals surface area contributed by atoms with E-state index in [9.17, 15) is 19.6 Å². The van der Waals surface area contributed by atoms with Gasteiger partial charge >= 0.3 is 6.09 Å². The first kappa shape index (κ1) is 35.3. The van der Waals surface area contributed by atoms with E-state index < -0.39 is 5.60 Å². The Kier molecular flexibility index (Phi) is 11.0. The molecule has 1 aromatic carbocycles. The van der Waals surface area contributed by atoms with E-state index in [0.29, 0.717) is 62.0 Å². The molecular formula is C38H49N7O5. The van der Waals surface area contributed by atoms with Crippen molar-refractivity contribution in [1.29, 1.82) is 5.26 Å². The third-order valence-electron chi connectivity index (χ3n) is 10.1. The maximum atomic E-state index is 13.6. The van der Waals surface area contributed by atoms with E-state index in [2.05, 4.69) is 25.8 Å². The smallest absolute Gasteiger partial charge is 0.410 e. The van der Waals surface area contributed by atoms with Crippen LogP contribution in [0, 0.1) is 17.2 Å². The molecule has 12 nitrogen and oxygen atoms in total. The van der Waals surface area contributed by atoms with Gasteiger partial charge < -0.3 is 24.2 Å². The number of amidine groups is 1. The minimum atomic E-state index is -0.558. The topological polar surface area (TPSA) is 132 Å². The number of hydrogen-bond donors (Lipinski definition) is 0. The van der Waals surface area contributed by atoms with E-state index in [1.54, 1.807) is 29.2 Å². The Morgan fingerprint density at radius 1 is 0.940 bits per heavy atom. The fourth-order valence-electron chi connectivity index (χ4n) is 7.40. The second kappa shape index (κ2) is 15.6. The molecule has 50 heavy (non-hydrogen) atoms. The normalized spacial score (nSPS) is 22.2. The van der Waals surface area contributed by atoms with Crippen LogP contribution in [0.5, 0.6) is 5.88 Å². The van der Waals surface area contributed by atoms with Gasteiger partial charge in [0.1, 0.15) is 18.0 Å². The second-order valence-electron chi connectivity index (χ2n) is 14.8. The van der Waals surface area contributed by atoms with Gasteiger partial charge in [0.2, 0.25) is 11.8 Å². The molecule has 12 heteroatoms. The minimum Gasteiger partial charge on any atom is -0.476 e. The van der Waals surface area contributed by atoms with Crippen molar-refractivity contribution < 1.29 is 23.9 Å². The number of fused-ring (bicyclic) bond motifs is 1. The van der Waals surface area contributed by atoms with Crippen molar-refractivity contribution in [3.63, 3.8) is 0 Å². The van der Waals surface area contributed by atoms with Crippen LogP contribution >= 0.6 is 0 Å². The lowest BCUT2D eigenvalue weighted by Crippen LogP contribution is -2.53.